The molecule has 0 atom stereocenters. The van der Waals surface area contributed by atoms with Gasteiger partial charge in [0.25, 0.3) is 0 Å². The standard InChI is InChI=1S/C47H30N2/c1-29-18-20-30(21-19-29)39-28-45(49-42-16-8-4-12-34(42)35-13-5-9-17-43(35)49)38-24-22-31-23-27-44(37-26-25-36(39)47(38)46(31)37)48-40-14-6-2-10-32(40)33-11-3-7-15-41(33)48/h2-28H,1H3. The summed E-state index contributed by atoms with van der Waals surface area (Å²) >= 11 is 0. The molecule has 2 nitrogen and oxygen atoms in total. The van der Waals surface area contributed by atoms with Gasteiger partial charge in [0.1, 0.15) is 0 Å². The molecular weight excluding hydrogens is 593 g/mol. The number of nitrogens with zero attached hydrogens (tertiary/aromatic N) is 2. The van der Waals surface area contributed by atoms with Crippen LogP contribution < -0.4 is 0 Å². The second kappa shape index (κ2) is 9.82. The molecule has 0 aliphatic carbocycles. The van der Waals surface area contributed by atoms with Gasteiger partial charge in [0.2, 0.25) is 0 Å². The lowest BCUT2D eigenvalue weighted by Gasteiger charge is -2.21. The number of rotatable bonds is 3. The summed E-state index contributed by atoms with van der Waals surface area (Å²) in [5.41, 5.74) is 11.1. The van der Waals surface area contributed by atoms with E-state index in [4.69, 9.17) is 0 Å². The number of aryl methyl sites for hydroxylation is 1. The molecule has 0 unspecified atom stereocenters. The minimum Gasteiger partial charge on any atom is -0.309 e. The van der Waals surface area contributed by atoms with Gasteiger partial charge in [0, 0.05) is 37.7 Å². The molecule has 2 heteroatoms. The first-order valence-corrected chi connectivity index (χ1v) is 17.0. The first kappa shape index (κ1) is 26.7. The van der Waals surface area contributed by atoms with Crippen molar-refractivity contribution in [2.24, 2.45) is 0 Å². The average molecular weight is 623 g/mol. The van der Waals surface area contributed by atoms with Gasteiger partial charge in [-0.1, -0.05) is 133 Å². The number of hydrogen-bond acceptors (Lipinski definition) is 0. The van der Waals surface area contributed by atoms with Crippen LogP contribution in [-0.2, 0) is 0 Å². The lowest BCUT2D eigenvalue weighted by molar-refractivity contribution is 1.20. The fourth-order valence-corrected chi connectivity index (χ4v) is 8.58. The smallest absolute Gasteiger partial charge is 0.0547 e. The number of fused-ring (bicyclic) bond motifs is 6. The van der Waals surface area contributed by atoms with Crippen LogP contribution in [0.2, 0.25) is 0 Å². The summed E-state index contributed by atoms with van der Waals surface area (Å²) in [6.07, 6.45) is 0. The Balaban J connectivity index is 1.33. The lowest BCUT2D eigenvalue weighted by atomic mass is 9.88. The van der Waals surface area contributed by atoms with Crippen molar-refractivity contribution in [2.45, 2.75) is 6.92 Å². The molecule has 2 aromatic heterocycles. The van der Waals surface area contributed by atoms with Crippen molar-refractivity contribution in [1.82, 2.24) is 9.13 Å². The van der Waals surface area contributed by atoms with E-state index in [-0.39, 0.29) is 0 Å². The SMILES string of the molecule is Cc1ccc(-c2cc(-n3c4ccccc4c4ccccc43)c3ccc4ccc(-n5c6ccccc6c6ccccc65)c5ccc2c3c45)cc1. The van der Waals surface area contributed by atoms with Crippen LogP contribution in [0.4, 0.5) is 0 Å². The van der Waals surface area contributed by atoms with Crippen LogP contribution >= 0.6 is 0 Å². The molecule has 2 heterocycles. The van der Waals surface area contributed by atoms with Crippen LogP contribution in [0.3, 0.4) is 0 Å². The Bertz CT molecular complexity index is 2990. The highest BCUT2D eigenvalue weighted by molar-refractivity contribution is 6.29. The summed E-state index contributed by atoms with van der Waals surface area (Å²) < 4.78 is 4.95. The average Bonchev–Trinajstić information content (AvgIpc) is 3.67. The molecule has 49 heavy (non-hydrogen) atoms. The maximum Gasteiger partial charge on any atom is 0.0547 e. The predicted molar refractivity (Wildman–Crippen MR) is 209 cm³/mol. The molecule has 0 bridgehead atoms. The summed E-state index contributed by atoms with van der Waals surface area (Å²) in [5, 5.41) is 12.8. The Kier molecular flexibility index (Phi) is 5.34. The van der Waals surface area contributed by atoms with Crippen molar-refractivity contribution in [3.63, 3.8) is 0 Å². The molecule has 11 rings (SSSR count). The molecule has 228 valence electrons. The number of benzene rings is 9. The zero-order valence-electron chi connectivity index (χ0n) is 27.0. The predicted octanol–water partition coefficient (Wildman–Crippen LogP) is 12.8. The summed E-state index contributed by atoms with van der Waals surface area (Å²) in [4.78, 5) is 0. The summed E-state index contributed by atoms with van der Waals surface area (Å²) in [6.45, 7) is 2.16. The maximum absolute atomic E-state index is 2.49. The van der Waals surface area contributed by atoms with Crippen LogP contribution in [0.1, 0.15) is 5.56 Å². The molecule has 9 aromatic carbocycles. The molecule has 0 aliphatic rings. The Morgan fingerprint density at radius 1 is 0.347 bits per heavy atom. The molecule has 0 saturated heterocycles. The third-order valence-corrected chi connectivity index (χ3v) is 10.7. The van der Waals surface area contributed by atoms with Gasteiger partial charge in [-0.3, -0.25) is 0 Å². The maximum atomic E-state index is 2.49. The van der Waals surface area contributed by atoms with Gasteiger partial charge in [-0.25, -0.2) is 0 Å². The molecule has 11 aromatic rings. The van der Waals surface area contributed by atoms with Crippen molar-refractivity contribution < 1.29 is 0 Å². The lowest BCUT2D eigenvalue weighted by Crippen LogP contribution is -2.00. The largest absolute Gasteiger partial charge is 0.309 e. The number of aromatic nitrogens is 2. The van der Waals surface area contributed by atoms with E-state index >= 15 is 0 Å². The van der Waals surface area contributed by atoms with Crippen molar-refractivity contribution >= 4 is 75.9 Å². The second-order valence-corrected chi connectivity index (χ2v) is 13.4. The molecule has 0 radical (unpaired) electrons. The Hall–Kier alpha value is -6.38. The van der Waals surface area contributed by atoms with E-state index in [1.165, 1.54) is 104 Å². The van der Waals surface area contributed by atoms with Crippen molar-refractivity contribution in [2.75, 3.05) is 0 Å². The van der Waals surface area contributed by atoms with Crippen LogP contribution in [0.25, 0.3) is 98.4 Å². The van der Waals surface area contributed by atoms with Crippen molar-refractivity contribution in [3.8, 4) is 22.5 Å². The van der Waals surface area contributed by atoms with Gasteiger partial charge < -0.3 is 9.13 Å². The Morgan fingerprint density at radius 3 is 1.37 bits per heavy atom. The summed E-state index contributed by atoms with van der Waals surface area (Å²) in [5.74, 6) is 0. The van der Waals surface area contributed by atoms with Gasteiger partial charge in [-0.2, -0.15) is 0 Å². The zero-order chi connectivity index (χ0) is 32.2. The molecule has 0 amide bonds. The summed E-state index contributed by atoms with van der Waals surface area (Å²) in [7, 11) is 0. The topological polar surface area (TPSA) is 9.86 Å². The molecular formula is C47H30N2. The number of para-hydroxylation sites is 4. The fraction of sp³-hybridized carbons (Fsp3) is 0.0213. The van der Waals surface area contributed by atoms with E-state index in [1.807, 2.05) is 0 Å². The molecule has 0 saturated carbocycles. The highest BCUT2D eigenvalue weighted by Gasteiger charge is 2.22. The van der Waals surface area contributed by atoms with Crippen molar-refractivity contribution in [1.29, 1.82) is 0 Å². The van der Waals surface area contributed by atoms with Crippen LogP contribution in [0.5, 0.6) is 0 Å². The molecule has 0 N–H and O–H groups in total. The third kappa shape index (κ3) is 3.61. The van der Waals surface area contributed by atoms with E-state index in [2.05, 4.69) is 180 Å². The summed E-state index contributed by atoms with van der Waals surface area (Å²) in [6, 6.07) is 60.7. The van der Waals surface area contributed by atoms with Crippen LogP contribution in [0.15, 0.2) is 164 Å². The van der Waals surface area contributed by atoms with E-state index in [0.717, 1.165) is 0 Å². The van der Waals surface area contributed by atoms with Crippen LogP contribution in [-0.4, -0.2) is 9.13 Å². The minimum atomic E-state index is 1.21. The van der Waals surface area contributed by atoms with E-state index in [9.17, 15) is 0 Å². The second-order valence-electron chi connectivity index (χ2n) is 13.4. The molecule has 0 aliphatic heterocycles. The number of hydrogen-bond donors (Lipinski definition) is 0. The van der Waals surface area contributed by atoms with Gasteiger partial charge in [0.15, 0.2) is 0 Å². The molecule has 0 fully saturated rings. The Morgan fingerprint density at radius 2 is 0.796 bits per heavy atom. The van der Waals surface area contributed by atoms with Gasteiger partial charge >= 0.3 is 0 Å². The quantitative estimate of drug-likeness (QED) is 0.174. The van der Waals surface area contributed by atoms with E-state index < -0.39 is 0 Å². The van der Waals surface area contributed by atoms with Gasteiger partial charge in [-0.05, 0) is 70.6 Å². The van der Waals surface area contributed by atoms with Crippen LogP contribution in [0, 0.1) is 6.92 Å². The highest BCUT2D eigenvalue weighted by atomic mass is 15.0. The molecule has 0 spiro atoms. The minimum absolute atomic E-state index is 1.21. The first-order valence-electron chi connectivity index (χ1n) is 17.0. The monoisotopic (exact) mass is 622 g/mol. The highest BCUT2D eigenvalue weighted by Crippen LogP contribution is 2.46. The van der Waals surface area contributed by atoms with E-state index in [0.29, 0.717) is 0 Å². The Labute approximate surface area is 283 Å². The van der Waals surface area contributed by atoms with Gasteiger partial charge in [-0.15, -0.1) is 0 Å². The fourth-order valence-electron chi connectivity index (χ4n) is 8.58. The van der Waals surface area contributed by atoms with E-state index in [1.54, 1.807) is 0 Å². The normalized spacial score (nSPS) is 12.2. The van der Waals surface area contributed by atoms with Crippen molar-refractivity contribution in [3.05, 3.63) is 169 Å². The third-order valence-electron chi connectivity index (χ3n) is 10.7. The first-order chi connectivity index (χ1) is 24.2. The van der Waals surface area contributed by atoms with Gasteiger partial charge in [0.05, 0.1) is 33.4 Å². The zero-order valence-corrected chi connectivity index (χ0v) is 27.0.